The molecule has 2 atom stereocenters. The minimum Gasteiger partial charge on any atom is -0.369 e. The molecule has 1 nitrogen and oxygen atoms in total. The van der Waals surface area contributed by atoms with E-state index in [0.717, 1.165) is 12.5 Å². The summed E-state index contributed by atoms with van der Waals surface area (Å²) in [4.78, 5) is 0. The molecule has 1 saturated heterocycles. The summed E-state index contributed by atoms with van der Waals surface area (Å²) in [6.45, 7) is 8.10. The molecular weight excluding hydrogens is 148 g/mol. The predicted molar refractivity (Wildman–Crippen MR) is 50.1 cm³/mol. The lowest BCUT2D eigenvalue weighted by Gasteiger charge is -2.38. The van der Waals surface area contributed by atoms with Crippen molar-refractivity contribution in [3.8, 4) is 0 Å². The Morgan fingerprint density at radius 1 is 1.25 bits per heavy atom. The van der Waals surface area contributed by atoms with Gasteiger partial charge in [-0.25, -0.2) is 0 Å². The van der Waals surface area contributed by atoms with Gasteiger partial charge in [-0.05, 0) is 24.2 Å². The van der Waals surface area contributed by atoms with E-state index in [0.29, 0.717) is 11.0 Å². The van der Waals surface area contributed by atoms with E-state index in [2.05, 4.69) is 20.8 Å². The third-order valence-corrected chi connectivity index (χ3v) is 3.54. The van der Waals surface area contributed by atoms with Crippen LogP contribution in [-0.2, 0) is 4.74 Å². The van der Waals surface area contributed by atoms with Crippen molar-refractivity contribution in [3.63, 3.8) is 0 Å². The molecule has 1 saturated carbocycles. The van der Waals surface area contributed by atoms with Gasteiger partial charge in [-0.3, -0.25) is 0 Å². The summed E-state index contributed by atoms with van der Waals surface area (Å²) >= 11 is 0. The van der Waals surface area contributed by atoms with Gasteiger partial charge in [0.25, 0.3) is 0 Å². The molecule has 1 aliphatic carbocycles. The molecule has 0 radical (unpaired) electrons. The first-order chi connectivity index (χ1) is 5.55. The van der Waals surface area contributed by atoms with Crippen LogP contribution in [0.2, 0.25) is 0 Å². The molecule has 2 fully saturated rings. The molecule has 2 unspecified atom stereocenters. The van der Waals surface area contributed by atoms with E-state index >= 15 is 0 Å². The summed E-state index contributed by atoms with van der Waals surface area (Å²) in [5.74, 6) is 0.804. The minimum absolute atomic E-state index is 0.330. The zero-order chi connectivity index (χ0) is 8.82. The highest BCUT2D eigenvalue weighted by molar-refractivity contribution is 5.04. The van der Waals surface area contributed by atoms with Crippen LogP contribution in [0.4, 0.5) is 0 Å². The number of hydrogen-bond acceptors (Lipinski definition) is 1. The van der Waals surface area contributed by atoms with Crippen molar-refractivity contribution in [2.24, 2.45) is 11.3 Å². The summed E-state index contributed by atoms with van der Waals surface area (Å²) in [5, 5.41) is 0. The number of hydrogen-bond donors (Lipinski definition) is 0. The number of epoxide rings is 1. The smallest absolute Gasteiger partial charge is 0.0949 e. The molecule has 0 amide bonds. The predicted octanol–water partition coefficient (Wildman–Crippen LogP) is 2.99. The van der Waals surface area contributed by atoms with Crippen molar-refractivity contribution in [1.29, 1.82) is 0 Å². The zero-order valence-electron chi connectivity index (χ0n) is 8.52. The molecule has 0 N–H and O–H groups in total. The summed E-state index contributed by atoms with van der Waals surface area (Å²) in [6, 6.07) is 0. The van der Waals surface area contributed by atoms with E-state index in [4.69, 9.17) is 4.74 Å². The van der Waals surface area contributed by atoms with E-state index in [-0.39, 0.29) is 0 Å². The highest BCUT2D eigenvalue weighted by Crippen LogP contribution is 2.52. The molecule has 1 spiro atoms. The first kappa shape index (κ1) is 8.55. The maximum absolute atomic E-state index is 5.68. The molecule has 70 valence electrons. The number of rotatable bonds is 0. The van der Waals surface area contributed by atoms with Crippen LogP contribution in [0.25, 0.3) is 0 Å². The van der Waals surface area contributed by atoms with Gasteiger partial charge in [-0.1, -0.05) is 33.6 Å². The summed E-state index contributed by atoms with van der Waals surface area (Å²) in [5.41, 5.74) is 0.771. The summed E-state index contributed by atoms with van der Waals surface area (Å²) < 4.78 is 5.68. The molecule has 1 heterocycles. The average Bonchev–Trinajstić information content (AvgIpc) is 2.68. The third-order valence-electron chi connectivity index (χ3n) is 3.54. The molecule has 2 aliphatic rings. The highest BCUT2D eigenvalue weighted by Gasteiger charge is 2.55. The van der Waals surface area contributed by atoms with Crippen molar-refractivity contribution in [2.75, 3.05) is 6.61 Å². The topological polar surface area (TPSA) is 12.5 Å². The second-order valence-corrected chi connectivity index (χ2v) is 5.52. The lowest BCUT2D eigenvalue weighted by Crippen LogP contribution is -2.37. The Hall–Kier alpha value is -0.0400. The second-order valence-electron chi connectivity index (χ2n) is 5.52. The van der Waals surface area contributed by atoms with Crippen LogP contribution >= 0.6 is 0 Å². The van der Waals surface area contributed by atoms with Crippen LogP contribution in [0.15, 0.2) is 0 Å². The van der Waals surface area contributed by atoms with Crippen LogP contribution in [0.5, 0.6) is 0 Å². The molecule has 0 aromatic rings. The molecule has 0 bridgehead atoms. The van der Waals surface area contributed by atoms with E-state index in [9.17, 15) is 0 Å². The van der Waals surface area contributed by atoms with E-state index in [1.54, 1.807) is 0 Å². The summed E-state index contributed by atoms with van der Waals surface area (Å²) in [7, 11) is 0. The van der Waals surface area contributed by atoms with Gasteiger partial charge in [-0.15, -0.1) is 0 Å². The fourth-order valence-corrected chi connectivity index (χ4v) is 2.87. The highest BCUT2D eigenvalue weighted by atomic mass is 16.6. The van der Waals surface area contributed by atoms with Gasteiger partial charge in [0.1, 0.15) is 0 Å². The second kappa shape index (κ2) is 2.47. The first-order valence-corrected chi connectivity index (χ1v) is 5.19. The lowest BCUT2D eigenvalue weighted by molar-refractivity contribution is 0.0699. The normalized spacial score (nSPS) is 41.8. The Balaban J connectivity index is 2.12. The van der Waals surface area contributed by atoms with Gasteiger partial charge < -0.3 is 4.74 Å². The fourth-order valence-electron chi connectivity index (χ4n) is 2.87. The summed E-state index contributed by atoms with van der Waals surface area (Å²) in [6.07, 6.45) is 5.48. The Kier molecular flexibility index (Phi) is 1.76. The fraction of sp³-hybridized carbons (Fsp3) is 1.00. The Labute approximate surface area is 75.5 Å². The largest absolute Gasteiger partial charge is 0.369 e. The lowest BCUT2D eigenvalue weighted by atomic mass is 9.66. The number of ether oxygens (including phenoxy) is 1. The average molecular weight is 168 g/mol. The maximum atomic E-state index is 5.68. The van der Waals surface area contributed by atoms with Crippen LogP contribution < -0.4 is 0 Å². The van der Waals surface area contributed by atoms with Crippen LogP contribution in [0.3, 0.4) is 0 Å². The zero-order valence-corrected chi connectivity index (χ0v) is 8.52. The van der Waals surface area contributed by atoms with Gasteiger partial charge in [-0.2, -0.15) is 0 Å². The SMILES string of the molecule is CC(C)(C)C1CCCCC12CO2. The molecular formula is C11H20O. The molecule has 0 aromatic heterocycles. The Morgan fingerprint density at radius 2 is 1.92 bits per heavy atom. The Morgan fingerprint density at radius 3 is 2.33 bits per heavy atom. The molecule has 2 rings (SSSR count). The van der Waals surface area contributed by atoms with Crippen molar-refractivity contribution in [1.82, 2.24) is 0 Å². The van der Waals surface area contributed by atoms with Gasteiger partial charge in [0.05, 0.1) is 12.2 Å². The molecule has 1 aliphatic heterocycles. The maximum Gasteiger partial charge on any atom is 0.0949 e. The van der Waals surface area contributed by atoms with Crippen molar-refractivity contribution in [3.05, 3.63) is 0 Å². The third kappa shape index (κ3) is 1.28. The minimum atomic E-state index is 0.330. The van der Waals surface area contributed by atoms with E-state index in [1.807, 2.05) is 0 Å². The standard InChI is InChI=1S/C11H20O/c1-10(2,3)9-6-4-5-7-11(9)8-12-11/h9H,4-8H2,1-3H3. The molecule has 12 heavy (non-hydrogen) atoms. The molecule has 0 aromatic carbocycles. The van der Waals surface area contributed by atoms with Crippen molar-refractivity contribution in [2.45, 2.75) is 52.1 Å². The van der Waals surface area contributed by atoms with Gasteiger partial charge in [0.2, 0.25) is 0 Å². The van der Waals surface area contributed by atoms with Crippen LogP contribution in [0, 0.1) is 11.3 Å². The van der Waals surface area contributed by atoms with Crippen molar-refractivity contribution < 1.29 is 4.74 Å². The van der Waals surface area contributed by atoms with E-state index < -0.39 is 0 Å². The van der Waals surface area contributed by atoms with Crippen LogP contribution in [-0.4, -0.2) is 12.2 Å². The van der Waals surface area contributed by atoms with E-state index in [1.165, 1.54) is 25.7 Å². The quantitative estimate of drug-likeness (QED) is 0.506. The first-order valence-electron chi connectivity index (χ1n) is 5.19. The van der Waals surface area contributed by atoms with Gasteiger partial charge in [0.15, 0.2) is 0 Å². The molecule has 1 heteroatoms. The van der Waals surface area contributed by atoms with Gasteiger partial charge >= 0.3 is 0 Å². The van der Waals surface area contributed by atoms with Crippen molar-refractivity contribution >= 4 is 0 Å². The van der Waals surface area contributed by atoms with Crippen LogP contribution in [0.1, 0.15) is 46.5 Å². The van der Waals surface area contributed by atoms with Gasteiger partial charge in [0, 0.05) is 0 Å². The Bertz CT molecular complexity index is 174. The monoisotopic (exact) mass is 168 g/mol.